The molecule has 4 aliphatic rings. The predicted octanol–water partition coefficient (Wildman–Crippen LogP) is 4.27. The molecule has 6 rings (SSSR count). The average molecular weight is 398 g/mol. The SMILES string of the molecule is Cc1nc2ccc(NC(=O)CNC(=O)CC34CC5CC(CC(C5)C3)C4)cc2s1. The number of rotatable bonds is 5. The molecule has 1 aromatic carbocycles. The minimum Gasteiger partial charge on any atom is -0.347 e. The molecular formula is C22H27N3O2S. The minimum absolute atomic E-state index is 0.0327. The van der Waals surface area contributed by atoms with Crippen LogP contribution in [0.25, 0.3) is 10.2 Å². The van der Waals surface area contributed by atoms with E-state index in [1.165, 1.54) is 38.5 Å². The van der Waals surface area contributed by atoms with Gasteiger partial charge in [-0.05, 0) is 86.8 Å². The zero-order chi connectivity index (χ0) is 19.3. The van der Waals surface area contributed by atoms with E-state index in [0.29, 0.717) is 6.42 Å². The van der Waals surface area contributed by atoms with Gasteiger partial charge in [0.15, 0.2) is 0 Å². The Hall–Kier alpha value is -1.95. The van der Waals surface area contributed by atoms with Gasteiger partial charge >= 0.3 is 0 Å². The van der Waals surface area contributed by atoms with Crippen LogP contribution in [-0.4, -0.2) is 23.3 Å². The highest BCUT2D eigenvalue weighted by Crippen LogP contribution is 2.61. The summed E-state index contributed by atoms with van der Waals surface area (Å²) in [7, 11) is 0. The van der Waals surface area contributed by atoms with Crippen LogP contribution < -0.4 is 10.6 Å². The lowest BCUT2D eigenvalue weighted by atomic mass is 9.49. The maximum Gasteiger partial charge on any atom is 0.243 e. The summed E-state index contributed by atoms with van der Waals surface area (Å²) in [6.45, 7) is 2.01. The molecule has 148 valence electrons. The molecule has 1 aromatic heterocycles. The van der Waals surface area contributed by atoms with Crippen LogP contribution in [-0.2, 0) is 9.59 Å². The van der Waals surface area contributed by atoms with E-state index in [4.69, 9.17) is 0 Å². The lowest BCUT2D eigenvalue weighted by Crippen LogP contribution is -2.48. The molecule has 4 bridgehead atoms. The molecule has 2 amide bonds. The van der Waals surface area contributed by atoms with E-state index in [1.807, 2.05) is 25.1 Å². The lowest BCUT2D eigenvalue weighted by molar-refractivity contribution is -0.131. The van der Waals surface area contributed by atoms with Crippen molar-refractivity contribution in [2.24, 2.45) is 23.2 Å². The Bertz CT molecular complexity index is 900. The van der Waals surface area contributed by atoms with Crippen LogP contribution in [0.15, 0.2) is 18.2 Å². The monoisotopic (exact) mass is 397 g/mol. The van der Waals surface area contributed by atoms with Crippen molar-refractivity contribution in [3.63, 3.8) is 0 Å². The van der Waals surface area contributed by atoms with Crippen molar-refractivity contribution in [1.82, 2.24) is 10.3 Å². The molecule has 6 heteroatoms. The average Bonchev–Trinajstić information content (AvgIpc) is 2.97. The van der Waals surface area contributed by atoms with Gasteiger partial charge in [-0.2, -0.15) is 0 Å². The van der Waals surface area contributed by atoms with E-state index in [0.717, 1.165) is 38.7 Å². The van der Waals surface area contributed by atoms with Crippen molar-refractivity contribution in [2.45, 2.75) is 51.9 Å². The van der Waals surface area contributed by atoms with Gasteiger partial charge in [-0.25, -0.2) is 4.98 Å². The van der Waals surface area contributed by atoms with Crippen LogP contribution >= 0.6 is 11.3 Å². The molecular weight excluding hydrogens is 370 g/mol. The Morgan fingerprint density at radius 3 is 2.46 bits per heavy atom. The smallest absolute Gasteiger partial charge is 0.243 e. The molecule has 2 aromatic rings. The van der Waals surface area contributed by atoms with Crippen LogP contribution in [0, 0.1) is 30.1 Å². The number of hydrogen-bond donors (Lipinski definition) is 2. The molecule has 0 spiro atoms. The molecule has 2 N–H and O–H groups in total. The van der Waals surface area contributed by atoms with Crippen molar-refractivity contribution in [1.29, 1.82) is 0 Å². The van der Waals surface area contributed by atoms with Gasteiger partial charge in [0.25, 0.3) is 0 Å². The molecule has 4 aliphatic carbocycles. The first-order valence-electron chi connectivity index (χ1n) is 10.4. The van der Waals surface area contributed by atoms with E-state index in [9.17, 15) is 9.59 Å². The number of nitrogens with one attached hydrogen (secondary N) is 2. The second-order valence-corrected chi connectivity index (χ2v) is 10.6. The number of fused-ring (bicyclic) bond motifs is 1. The summed E-state index contributed by atoms with van der Waals surface area (Å²) >= 11 is 1.61. The van der Waals surface area contributed by atoms with Gasteiger partial charge in [0.1, 0.15) is 0 Å². The molecule has 4 saturated carbocycles. The Balaban J connectivity index is 1.14. The molecule has 0 radical (unpaired) electrons. The number of benzene rings is 1. The maximum atomic E-state index is 12.6. The zero-order valence-corrected chi connectivity index (χ0v) is 17.1. The number of aryl methyl sites for hydroxylation is 1. The molecule has 0 unspecified atom stereocenters. The summed E-state index contributed by atoms with van der Waals surface area (Å²) in [5.74, 6) is 2.37. The van der Waals surface area contributed by atoms with Crippen LogP contribution in [0.5, 0.6) is 0 Å². The Morgan fingerprint density at radius 2 is 1.79 bits per heavy atom. The first-order chi connectivity index (χ1) is 13.5. The summed E-state index contributed by atoms with van der Waals surface area (Å²) < 4.78 is 1.06. The van der Waals surface area contributed by atoms with Crippen molar-refractivity contribution >= 4 is 39.1 Å². The van der Waals surface area contributed by atoms with E-state index in [1.54, 1.807) is 11.3 Å². The molecule has 0 saturated heterocycles. The second kappa shape index (κ2) is 6.83. The highest BCUT2D eigenvalue weighted by molar-refractivity contribution is 7.18. The first kappa shape index (κ1) is 18.1. The van der Waals surface area contributed by atoms with Crippen LogP contribution in [0.3, 0.4) is 0 Å². The first-order valence-corrected chi connectivity index (χ1v) is 11.2. The van der Waals surface area contributed by atoms with E-state index >= 15 is 0 Å². The van der Waals surface area contributed by atoms with Gasteiger partial charge in [0.05, 0.1) is 21.8 Å². The number of hydrogen-bond acceptors (Lipinski definition) is 4. The Kier molecular flexibility index (Phi) is 4.42. The third kappa shape index (κ3) is 3.54. The van der Waals surface area contributed by atoms with Gasteiger partial charge < -0.3 is 10.6 Å². The van der Waals surface area contributed by atoms with Crippen molar-refractivity contribution in [3.05, 3.63) is 23.2 Å². The molecule has 0 atom stereocenters. The normalized spacial score (nSPS) is 30.5. The number of anilines is 1. The fourth-order valence-electron chi connectivity index (χ4n) is 6.41. The van der Waals surface area contributed by atoms with Crippen LogP contribution in [0.4, 0.5) is 5.69 Å². The van der Waals surface area contributed by atoms with E-state index in [-0.39, 0.29) is 23.8 Å². The second-order valence-electron chi connectivity index (χ2n) is 9.33. The third-order valence-corrected chi connectivity index (χ3v) is 7.86. The predicted molar refractivity (Wildman–Crippen MR) is 111 cm³/mol. The van der Waals surface area contributed by atoms with Crippen molar-refractivity contribution in [3.8, 4) is 0 Å². The fourth-order valence-corrected chi connectivity index (χ4v) is 7.28. The fraction of sp³-hybridized carbons (Fsp3) is 0.591. The molecule has 1 heterocycles. The topological polar surface area (TPSA) is 71.1 Å². The van der Waals surface area contributed by atoms with Gasteiger partial charge in [0, 0.05) is 12.1 Å². The van der Waals surface area contributed by atoms with Crippen molar-refractivity contribution in [2.75, 3.05) is 11.9 Å². The minimum atomic E-state index is -0.181. The maximum absolute atomic E-state index is 12.6. The summed E-state index contributed by atoms with van der Waals surface area (Å²) in [5, 5.41) is 6.75. The van der Waals surface area contributed by atoms with Gasteiger partial charge in [-0.3, -0.25) is 9.59 Å². The molecule has 5 nitrogen and oxygen atoms in total. The van der Waals surface area contributed by atoms with E-state index in [2.05, 4.69) is 15.6 Å². The summed E-state index contributed by atoms with van der Waals surface area (Å²) in [5.41, 5.74) is 1.91. The summed E-state index contributed by atoms with van der Waals surface area (Å²) in [4.78, 5) is 29.3. The number of carbonyl (C=O) groups is 2. The third-order valence-electron chi connectivity index (χ3n) is 6.93. The molecule has 4 fully saturated rings. The summed E-state index contributed by atoms with van der Waals surface area (Å²) in [6, 6.07) is 5.71. The van der Waals surface area contributed by atoms with Gasteiger partial charge in [-0.1, -0.05) is 0 Å². The summed E-state index contributed by atoms with van der Waals surface area (Å²) in [6.07, 6.45) is 8.38. The highest BCUT2D eigenvalue weighted by Gasteiger charge is 2.51. The molecule has 0 aliphatic heterocycles. The number of nitrogens with zero attached hydrogens (tertiary/aromatic N) is 1. The van der Waals surface area contributed by atoms with Crippen LogP contribution in [0.2, 0.25) is 0 Å². The molecule has 28 heavy (non-hydrogen) atoms. The Labute approximate surface area is 169 Å². The Morgan fingerprint density at radius 1 is 1.11 bits per heavy atom. The van der Waals surface area contributed by atoms with Crippen molar-refractivity contribution < 1.29 is 9.59 Å². The number of aromatic nitrogens is 1. The standard InChI is InChI=1S/C22H27N3O2S/c1-13-24-18-3-2-17(7-19(18)28-13)25-21(27)12-23-20(26)11-22-8-14-4-15(9-22)6-16(5-14)10-22/h2-3,7,14-16H,4-6,8-12H2,1H3,(H,23,26)(H,25,27). The zero-order valence-electron chi connectivity index (χ0n) is 16.3. The van der Waals surface area contributed by atoms with Gasteiger partial charge in [0.2, 0.25) is 11.8 Å². The quantitative estimate of drug-likeness (QED) is 0.792. The van der Waals surface area contributed by atoms with Crippen LogP contribution in [0.1, 0.15) is 50.0 Å². The number of amides is 2. The highest BCUT2D eigenvalue weighted by atomic mass is 32.1. The van der Waals surface area contributed by atoms with Gasteiger partial charge in [-0.15, -0.1) is 11.3 Å². The number of thiazole rings is 1. The largest absolute Gasteiger partial charge is 0.347 e. The lowest BCUT2D eigenvalue weighted by Gasteiger charge is -2.56. The number of carbonyl (C=O) groups excluding carboxylic acids is 2. The van der Waals surface area contributed by atoms with E-state index < -0.39 is 0 Å².